The zero-order valence-corrected chi connectivity index (χ0v) is 21.4. The van der Waals surface area contributed by atoms with E-state index in [0.717, 1.165) is 31.6 Å². The smallest absolute Gasteiger partial charge is 0.204 e. The minimum absolute atomic E-state index is 0.0403. The maximum atomic E-state index is 12.8. The number of benzene rings is 2. The molecular weight excluding hydrogens is 484 g/mol. The lowest BCUT2D eigenvalue weighted by Gasteiger charge is -2.16. The van der Waals surface area contributed by atoms with Crippen LogP contribution in [0.3, 0.4) is 0 Å². The van der Waals surface area contributed by atoms with Gasteiger partial charge in [0.15, 0.2) is 23.1 Å². The van der Waals surface area contributed by atoms with Crippen LogP contribution in [0.25, 0.3) is 10.9 Å². The molecule has 0 radical (unpaired) electrons. The second-order valence-electron chi connectivity index (χ2n) is 9.27. The van der Waals surface area contributed by atoms with Crippen LogP contribution in [0.15, 0.2) is 65.6 Å². The second kappa shape index (κ2) is 12.0. The van der Waals surface area contributed by atoms with Crippen LogP contribution < -0.4 is 9.47 Å². The Morgan fingerprint density at radius 2 is 1.82 bits per heavy atom. The fourth-order valence-electron chi connectivity index (χ4n) is 4.58. The number of carbonyl (C=O) groups is 2. The van der Waals surface area contributed by atoms with E-state index in [9.17, 15) is 9.59 Å². The number of nitrogens with zero attached hydrogens (tertiary/aromatic N) is 4. The van der Waals surface area contributed by atoms with E-state index in [2.05, 4.69) is 19.9 Å². The van der Waals surface area contributed by atoms with Gasteiger partial charge >= 0.3 is 0 Å². The van der Waals surface area contributed by atoms with Crippen molar-refractivity contribution in [2.24, 2.45) is 4.99 Å². The number of aliphatic imine (C=N–C) groups is 1. The molecule has 9 nitrogen and oxygen atoms in total. The van der Waals surface area contributed by atoms with Crippen LogP contribution in [0.5, 0.6) is 11.5 Å². The van der Waals surface area contributed by atoms with Crippen molar-refractivity contribution in [3.8, 4) is 11.5 Å². The fraction of sp³-hybridized carbons (Fsp3) is 0.345. The van der Waals surface area contributed by atoms with Crippen molar-refractivity contribution < 1.29 is 23.8 Å². The van der Waals surface area contributed by atoms with Gasteiger partial charge in [0.25, 0.3) is 0 Å². The van der Waals surface area contributed by atoms with Gasteiger partial charge in [-0.1, -0.05) is 30.3 Å². The number of ether oxygens (including phenoxy) is 3. The summed E-state index contributed by atoms with van der Waals surface area (Å²) in [4.78, 5) is 41.0. The van der Waals surface area contributed by atoms with Crippen molar-refractivity contribution in [2.75, 3.05) is 33.4 Å². The molecule has 1 saturated heterocycles. The summed E-state index contributed by atoms with van der Waals surface area (Å²) in [7, 11) is 1.57. The Morgan fingerprint density at radius 3 is 2.61 bits per heavy atom. The summed E-state index contributed by atoms with van der Waals surface area (Å²) >= 11 is 0. The van der Waals surface area contributed by atoms with Crippen molar-refractivity contribution in [2.45, 2.75) is 32.3 Å². The third kappa shape index (κ3) is 6.06. The Morgan fingerprint density at radius 1 is 1.00 bits per heavy atom. The molecule has 38 heavy (non-hydrogen) atoms. The molecule has 0 saturated carbocycles. The highest BCUT2D eigenvalue weighted by atomic mass is 16.5. The highest BCUT2D eigenvalue weighted by Gasteiger charge is 2.26. The van der Waals surface area contributed by atoms with Crippen LogP contribution in [0.1, 0.15) is 31.2 Å². The van der Waals surface area contributed by atoms with Gasteiger partial charge in [-0.3, -0.25) is 9.59 Å². The Kier molecular flexibility index (Phi) is 8.04. The Labute approximate surface area is 221 Å². The van der Waals surface area contributed by atoms with Gasteiger partial charge < -0.3 is 19.1 Å². The SMILES string of the molecule is COc1cc2c(N=C3CC(=O)C(OCc4ccccc4)=CC3=O)ncnc2cc1OCCCN1CCCC1. The predicted octanol–water partition coefficient (Wildman–Crippen LogP) is 4.22. The van der Waals surface area contributed by atoms with Crippen molar-refractivity contribution >= 4 is 34.0 Å². The average Bonchev–Trinajstić information content (AvgIpc) is 3.46. The van der Waals surface area contributed by atoms with Gasteiger partial charge in [-0.25, -0.2) is 15.0 Å². The van der Waals surface area contributed by atoms with Gasteiger partial charge in [-0.2, -0.15) is 0 Å². The molecule has 1 aliphatic heterocycles. The first kappa shape index (κ1) is 25.5. The van der Waals surface area contributed by atoms with Crippen LogP contribution in [0.4, 0.5) is 5.82 Å². The summed E-state index contributed by atoms with van der Waals surface area (Å²) in [6, 6.07) is 13.0. The summed E-state index contributed by atoms with van der Waals surface area (Å²) in [5, 5.41) is 0.594. The van der Waals surface area contributed by atoms with E-state index in [1.165, 1.54) is 25.2 Å². The standard InChI is InChI=1S/C29H30N4O5/c1-36-27-14-21-22(16-28(27)37-13-7-12-33-10-5-6-11-33)30-19-31-29(21)32-23-15-25(35)26(17-24(23)34)38-18-20-8-3-2-4-9-20/h2-4,8-9,14,16-17,19H,5-7,10-13,15,18H2,1H3. The molecule has 5 rings (SSSR count). The lowest BCUT2D eigenvalue weighted by Crippen LogP contribution is -2.25. The molecule has 2 aromatic carbocycles. The molecule has 196 valence electrons. The molecule has 0 atom stereocenters. The number of aromatic nitrogens is 2. The molecule has 1 fully saturated rings. The first-order valence-corrected chi connectivity index (χ1v) is 12.8. The maximum absolute atomic E-state index is 12.8. The Balaban J connectivity index is 1.31. The Bertz CT molecular complexity index is 1380. The van der Waals surface area contributed by atoms with Crippen molar-refractivity contribution in [1.82, 2.24) is 14.9 Å². The highest BCUT2D eigenvalue weighted by molar-refractivity contribution is 6.50. The van der Waals surface area contributed by atoms with Crippen LogP contribution in [-0.4, -0.2) is 65.5 Å². The zero-order valence-electron chi connectivity index (χ0n) is 21.4. The molecular formula is C29H30N4O5. The van der Waals surface area contributed by atoms with Crippen LogP contribution >= 0.6 is 0 Å². The number of hydrogen-bond acceptors (Lipinski definition) is 9. The molecule has 1 aliphatic carbocycles. The average molecular weight is 515 g/mol. The van der Waals surface area contributed by atoms with Crippen molar-refractivity contribution in [3.63, 3.8) is 0 Å². The number of fused-ring (bicyclic) bond motifs is 1. The van der Waals surface area contributed by atoms with Crippen LogP contribution in [0, 0.1) is 0 Å². The summed E-state index contributed by atoms with van der Waals surface area (Å²) < 4.78 is 17.2. The highest BCUT2D eigenvalue weighted by Crippen LogP contribution is 2.35. The first-order valence-electron chi connectivity index (χ1n) is 12.8. The van der Waals surface area contributed by atoms with Gasteiger partial charge in [0.2, 0.25) is 11.6 Å². The van der Waals surface area contributed by atoms with Crippen molar-refractivity contribution in [1.29, 1.82) is 0 Å². The van der Waals surface area contributed by atoms with E-state index >= 15 is 0 Å². The fourth-order valence-corrected chi connectivity index (χ4v) is 4.58. The van der Waals surface area contributed by atoms with Gasteiger partial charge in [0.05, 0.1) is 31.4 Å². The van der Waals surface area contributed by atoms with E-state index < -0.39 is 0 Å². The zero-order chi connectivity index (χ0) is 26.3. The quantitative estimate of drug-likeness (QED) is 0.371. The summed E-state index contributed by atoms with van der Waals surface area (Å²) in [5.74, 6) is 0.748. The van der Waals surface area contributed by atoms with Crippen LogP contribution in [-0.2, 0) is 20.9 Å². The second-order valence-corrected chi connectivity index (χ2v) is 9.27. The number of hydrogen-bond donors (Lipinski definition) is 0. The van der Waals surface area contributed by atoms with E-state index in [4.69, 9.17) is 14.2 Å². The maximum Gasteiger partial charge on any atom is 0.204 e. The normalized spacial score (nSPS) is 17.2. The molecule has 1 aromatic heterocycles. The first-order chi connectivity index (χ1) is 18.6. The monoisotopic (exact) mass is 514 g/mol. The van der Waals surface area contributed by atoms with E-state index in [-0.39, 0.29) is 41.9 Å². The molecule has 0 bridgehead atoms. The summed E-state index contributed by atoms with van der Waals surface area (Å²) in [6.07, 6.45) is 5.87. The van der Waals surface area contributed by atoms with Crippen LogP contribution in [0.2, 0.25) is 0 Å². The minimum Gasteiger partial charge on any atom is -0.493 e. The number of carbonyl (C=O) groups excluding carboxylic acids is 2. The predicted molar refractivity (Wildman–Crippen MR) is 143 cm³/mol. The van der Waals surface area contributed by atoms with E-state index in [1.807, 2.05) is 30.3 Å². The molecule has 0 spiro atoms. The Hall–Kier alpha value is -4.11. The van der Waals surface area contributed by atoms with Gasteiger partial charge in [-0.05, 0) is 44.0 Å². The van der Waals surface area contributed by atoms with E-state index in [0.29, 0.717) is 29.0 Å². The summed E-state index contributed by atoms with van der Waals surface area (Å²) in [6.45, 7) is 4.11. The van der Waals surface area contributed by atoms with Crippen molar-refractivity contribution in [3.05, 3.63) is 66.2 Å². The molecule has 2 heterocycles. The lowest BCUT2D eigenvalue weighted by molar-refractivity contribution is -0.120. The lowest BCUT2D eigenvalue weighted by atomic mass is 10.0. The van der Waals surface area contributed by atoms with Gasteiger partial charge in [0.1, 0.15) is 12.9 Å². The largest absolute Gasteiger partial charge is 0.493 e. The van der Waals surface area contributed by atoms with E-state index in [1.54, 1.807) is 19.2 Å². The molecule has 0 N–H and O–H groups in total. The minimum atomic E-state index is -0.385. The number of ketones is 2. The third-order valence-corrected chi connectivity index (χ3v) is 6.60. The number of Topliss-reactive ketones (excluding diaryl/α,β-unsaturated/α-hetero) is 1. The molecule has 9 heteroatoms. The number of allylic oxidation sites excluding steroid dienone is 2. The number of rotatable bonds is 10. The topological polar surface area (TPSA) is 103 Å². The number of methoxy groups -OCH3 is 1. The van der Waals surface area contributed by atoms with Gasteiger partial charge in [0, 0.05) is 24.1 Å². The molecule has 0 unspecified atom stereocenters. The summed E-state index contributed by atoms with van der Waals surface area (Å²) in [5.41, 5.74) is 1.61. The molecule has 0 amide bonds. The third-order valence-electron chi connectivity index (χ3n) is 6.60. The van der Waals surface area contributed by atoms with Gasteiger partial charge in [-0.15, -0.1) is 0 Å². The molecule has 2 aliphatic rings. The number of likely N-dealkylation sites (tertiary alicyclic amines) is 1. The molecule has 3 aromatic rings.